The zero-order valence-corrected chi connectivity index (χ0v) is 12.1. The van der Waals surface area contributed by atoms with Gasteiger partial charge >= 0.3 is 0 Å². The number of rotatable bonds is 1. The Morgan fingerprint density at radius 3 is 2.70 bits per heavy atom. The highest BCUT2D eigenvalue weighted by Crippen LogP contribution is 2.28. The molecule has 2 amide bonds. The summed E-state index contributed by atoms with van der Waals surface area (Å²) in [5.74, 6) is -0.0103. The molecule has 1 heterocycles. The van der Waals surface area contributed by atoms with Gasteiger partial charge in [0, 0.05) is 25.7 Å². The van der Waals surface area contributed by atoms with Gasteiger partial charge < -0.3 is 9.80 Å². The van der Waals surface area contributed by atoms with Gasteiger partial charge in [0.05, 0.1) is 0 Å². The minimum atomic E-state index is -0.366. The van der Waals surface area contributed by atoms with Gasteiger partial charge in [0.15, 0.2) is 0 Å². The molecule has 0 N–H and O–H groups in total. The smallest absolute Gasteiger partial charge is 0.249 e. The molecule has 2 aliphatic rings. The second-order valence-corrected chi connectivity index (χ2v) is 5.68. The van der Waals surface area contributed by atoms with E-state index in [1.807, 2.05) is 17.9 Å². The van der Waals surface area contributed by atoms with E-state index in [2.05, 4.69) is 12.1 Å². The lowest BCUT2D eigenvalue weighted by atomic mass is 10.1. The second kappa shape index (κ2) is 4.93. The van der Waals surface area contributed by atoms with E-state index in [1.165, 1.54) is 24.5 Å². The lowest BCUT2D eigenvalue weighted by molar-refractivity contribution is -0.139. The molecule has 4 heteroatoms. The maximum Gasteiger partial charge on any atom is 0.249 e. The van der Waals surface area contributed by atoms with Crippen LogP contribution in [0.25, 0.3) is 0 Å². The van der Waals surface area contributed by atoms with Crippen molar-refractivity contribution >= 4 is 17.5 Å². The Kier molecular flexibility index (Phi) is 3.24. The number of anilines is 1. The standard InChI is InChI=1S/C16H20N2O2/c1-11-16(20)18(9-8-17(11)12(2)19)15-7-6-13-4-3-5-14(13)10-15/h6-7,10-11H,3-5,8-9H2,1-2H3. The fourth-order valence-electron chi connectivity index (χ4n) is 3.28. The van der Waals surface area contributed by atoms with Crippen molar-refractivity contribution in [2.24, 2.45) is 0 Å². The number of carbonyl (C=O) groups is 2. The van der Waals surface area contributed by atoms with Crippen LogP contribution in [0, 0.1) is 0 Å². The summed E-state index contributed by atoms with van der Waals surface area (Å²) in [6, 6.07) is 5.97. The molecule has 0 bridgehead atoms. The number of piperazine rings is 1. The van der Waals surface area contributed by atoms with Gasteiger partial charge in [0.2, 0.25) is 11.8 Å². The third kappa shape index (κ3) is 2.09. The third-order valence-corrected chi connectivity index (χ3v) is 4.45. The molecule has 0 radical (unpaired) electrons. The van der Waals surface area contributed by atoms with Crippen molar-refractivity contribution in [2.45, 2.75) is 39.2 Å². The summed E-state index contributed by atoms with van der Waals surface area (Å²) in [5, 5.41) is 0. The molecule has 1 aromatic rings. The van der Waals surface area contributed by atoms with E-state index in [0.29, 0.717) is 13.1 Å². The number of hydrogen-bond acceptors (Lipinski definition) is 2. The molecule has 4 nitrogen and oxygen atoms in total. The average Bonchev–Trinajstić information content (AvgIpc) is 2.88. The SMILES string of the molecule is CC(=O)N1CCN(c2ccc3c(c2)CCC3)C(=O)C1C. The summed E-state index contributed by atoms with van der Waals surface area (Å²) < 4.78 is 0. The van der Waals surface area contributed by atoms with Crippen LogP contribution in [-0.4, -0.2) is 35.8 Å². The van der Waals surface area contributed by atoms with E-state index in [4.69, 9.17) is 0 Å². The molecule has 1 saturated heterocycles. The van der Waals surface area contributed by atoms with Gasteiger partial charge in [0.25, 0.3) is 0 Å². The normalized spacial score (nSPS) is 22.1. The summed E-state index contributed by atoms with van der Waals surface area (Å²) in [7, 11) is 0. The predicted octanol–water partition coefficient (Wildman–Crippen LogP) is 1.76. The molecule has 0 saturated carbocycles. The molecule has 106 valence electrons. The van der Waals surface area contributed by atoms with Crippen LogP contribution in [0.1, 0.15) is 31.4 Å². The first-order valence-corrected chi connectivity index (χ1v) is 7.28. The van der Waals surface area contributed by atoms with Gasteiger partial charge in [-0.05, 0) is 49.4 Å². The van der Waals surface area contributed by atoms with Crippen LogP contribution in [0.3, 0.4) is 0 Å². The second-order valence-electron chi connectivity index (χ2n) is 5.68. The van der Waals surface area contributed by atoms with Crippen molar-refractivity contribution in [3.8, 4) is 0 Å². The van der Waals surface area contributed by atoms with E-state index in [0.717, 1.165) is 18.5 Å². The number of hydrogen-bond donors (Lipinski definition) is 0. The largest absolute Gasteiger partial charge is 0.329 e. The predicted molar refractivity (Wildman–Crippen MR) is 77.7 cm³/mol. The van der Waals surface area contributed by atoms with Crippen molar-refractivity contribution in [3.63, 3.8) is 0 Å². The van der Waals surface area contributed by atoms with Gasteiger partial charge in [-0.1, -0.05) is 6.07 Å². The summed E-state index contributed by atoms with van der Waals surface area (Å²) >= 11 is 0. The first-order valence-electron chi connectivity index (χ1n) is 7.28. The van der Waals surface area contributed by atoms with Gasteiger partial charge in [-0.25, -0.2) is 0 Å². The molecular formula is C16H20N2O2. The van der Waals surface area contributed by atoms with Crippen LogP contribution in [0.5, 0.6) is 0 Å². The molecular weight excluding hydrogens is 252 g/mol. The summed E-state index contributed by atoms with van der Waals surface area (Å²) in [6.45, 7) is 4.53. The Hall–Kier alpha value is -1.84. The Bertz CT molecular complexity index is 568. The van der Waals surface area contributed by atoms with Crippen molar-refractivity contribution in [2.75, 3.05) is 18.0 Å². The molecule has 1 atom stereocenters. The van der Waals surface area contributed by atoms with Crippen LogP contribution >= 0.6 is 0 Å². The lowest BCUT2D eigenvalue weighted by Crippen LogP contribution is -2.57. The van der Waals surface area contributed by atoms with Crippen LogP contribution in [0.2, 0.25) is 0 Å². The van der Waals surface area contributed by atoms with E-state index < -0.39 is 0 Å². The summed E-state index contributed by atoms with van der Waals surface area (Å²) in [4.78, 5) is 27.4. The molecule has 1 aliphatic carbocycles. The molecule has 3 rings (SSSR count). The van der Waals surface area contributed by atoms with Crippen LogP contribution in [0.15, 0.2) is 18.2 Å². The molecule has 1 unspecified atom stereocenters. The molecule has 1 aromatic carbocycles. The van der Waals surface area contributed by atoms with E-state index in [9.17, 15) is 9.59 Å². The Labute approximate surface area is 119 Å². The molecule has 1 fully saturated rings. The van der Waals surface area contributed by atoms with Crippen molar-refractivity contribution in [3.05, 3.63) is 29.3 Å². The molecule has 0 spiro atoms. The van der Waals surface area contributed by atoms with Crippen LogP contribution < -0.4 is 4.90 Å². The first kappa shape index (κ1) is 13.2. The maximum absolute atomic E-state index is 12.5. The van der Waals surface area contributed by atoms with Crippen molar-refractivity contribution in [1.29, 1.82) is 0 Å². The Balaban J connectivity index is 1.85. The van der Waals surface area contributed by atoms with E-state index >= 15 is 0 Å². The maximum atomic E-state index is 12.5. The van der Waals surface area contributed by atoms with Gasteiger partial charge in [0.1, 0.15) is 6.04 Å². The topological polar surface area (TPSA) is 40.6 Å². The number of amides is 2. The monoisotopic (exact) mass is 272 g/mol. The van der Waals surface area contributed by atoms with E-state index in [-0.39, 0.29) is 17.9 Å². The molecule has 20 heavy (non-hydrogen) atoms. The van der Waals surface area contributed by atoms with Crippen LogP contribution in [0.4, 0.5) is 5.69 Å². The molecule has 0 aromatic heterocycles. The Morgan fingerprint density at radius 2 is 1.95 bits per heavy atom. The third-order valence-electron chi connectivity index (χ3n) is 4.45. The summed E-state index contributed by atoms with van der Waals surface area (Å²) in [5.41, 5.74) is 3.76. The highest BCUT2D eigenvalue weighted by molar-refractivity contribution is 6.00. The number of benzene rings is 1. The zero-order chi connectivity index (χ0) is 14.3. The van der Waals surface area contributed by atoms with E-state index in [1.54, 1.807) is 4.90 Å². The lowest BCUT2D eigenvalue weighted by Gasteiger charge is -2.38. The highest BCUT2D eigenvalue weighted by Gasteiger charge is 2.33. The fraction of sp³-hybridized carbons (Fsp3) is 0.500. The van der Waals surface area contributed by atoms with Gasteiger partial charge in [-0.2, -0.15) is 0 Å². The number of nitrogens with zero attached hydrogens (tertiary/aromatic N) is 2. The number of carbonyl (C=O) groups excluding carboxylic acids is 2. The van der Waals surface area contributed by atoms with Crippen LogP contribution in [-0.2, 0) is 22.4 Å². The van der Waals surface area contributed by atoms with Crippen molar-refractivity contribution in [1.82, 2.24) is 4.90 Å². The van der Waals surface area contributed by atoms with Crippen molar-refractivity contribution < 1.29 is 9.59 Å². The summed E-state index contributed by atoms with van der Waals surface area (Å²) in [6.07, 6.45) is 3.47. The number of fused-ring (bicyclic) bond motifs is 1. The quantitative estimate of drug-likeness (QED) is 0.781. The van der Waals surface area contributed by atoms with Gasteiger partial charge in [-0.15, -0.1) is 0 Å². The Morgan fingerprint density at radius 1 is 1.20 bits per heavy atom. The minimum absolute atomic E-state index is 0.0180. The average molecular weight is 272 g/mol. The highest BCUT2D eigenvalue weighted by atomic mass is 16.2. The number of aryl methyl sites for hydroxylation is 2. The minimum Gasteiger partial charge on any atom is -0.329 e. The fourth-order valence-corrected chi connectivity index (χ4v) is 3.28. The zero-order valence-electron chi connectivity index (χ0n) is 12.1. The van der Waals surface area contributed by atoms with Gasteiger partial charge in [-0.3, -0.25) is 9.59 Å². The molecule has 1 aliphatic heterocycles. The first-order chi connectivity index (χ1) is 9.58.